The fourth-order valence-electron chi connectivity index (χ4n) is 2.32. The molecule has 3 N–H and O–H groups in total. The molecule has 1 aromatic carbocycles. The molecule has 1 atom stereocenters. The summed E-state index contributed by atoms with van der Waals surface area (Å²) in [6.07, 6.45) is 5.03. The summed E-state index contributed by atoms with van der Waals surface area (Å²) in [4.78, 5) is 0. The zero-order valence-electron chi connectivity index (χ0n) is 11.9. The number of benzene rings is 1. The smallest absolute Gasteiger partial charge is 0.0743 e. The summed E-state index contributed by atoms with van der Waals surface area (Å²) in [5.41, 5.74) is 7.68. The first kappa shape index (κ1) is 13.8. The molecule has 19 heavy (non-hydrogen) atoms. The minimum atomic E-state index is -0.00879. The van der Waals surface area contributed by atoms with E-state index in [9.17, 15) is 0 Å². The van der Waals surface area contributed by atoms with E-state index < -0.39 is 0 Å². The largest absolute Gasteiger partial charge is 0.272 e. The van der Waals surface area contributed by atoms with E-state index in [-0.39, 0.29) is 6.04 Å². The number of hydrogen-bond acceptors (Lipinski definition) is 3. The third-order valence-corrected chi connectivity index (χ3v) is 3.35. The SMILES string of the molecule is CCCn1cc(C(NN)c2cc(C)ccc2C)cn1. The minimum absolute atomic E-state index is 0.00879. The minimum Gasteiger partial charge on any atom is -0.272 e. The maximum absolute atomic E-state index is 5.75. The second-order valence-electron chi connectivity index (χ2n) is 5.00. The van der Waals surface area contributed by atoms with Crippen LogP contribution in [0.2, 0.25) is 0 Å². The van der Waals surface area contributed by atoms with Crippen molar-refractivity contribution in [1.82, 2.24) is 15.2 Å². The van der Waals surface area contributed by atoms with E-state index in [0.717, 1.165) is 18.5 Å². The fraction of sp³-hybridized carbons (Fsp3) is 0.400. The zero-order chi connectivity index (χ0) is 13.8. The summed E-state index contributed by atoms with van der Waals surface area (Å²) in [6, 6.07) is 6.42. The van der Waals surface area contributed by atoms with Crippen LogP contribution in [0.4, 0.5) is 0 Å². The molecule has 4 nitrogen and oxygen atoms in total. The van der Waals surface area contributed by atoms with Crippen LogP contribution in [0.3, 0.4) is 0 Å². The van der Waals surface area contributed by atoms with Gasteiger partial charge in [0.15, 0.2) is 0 Å². The highest BCUT2D eigenvalue weighted by atomic mass is 15.3. The van der Waals surface area contributed by atoms with Gasteiger partial charge < -0.3 is 0 Å². The van der Waals surface area contributed by atoms with E-state index in [1.165, 1.54) is 16.7 Å². The highest BCUT2D eigenvalue weighted by Crippen LogP contribution is 2.24. The van der Waals surface area contributed by atoms with Crippen molar-refractivity contribution < 1.29 is 0 Å². The molecule has 1 heterocycles. The van der Waals surface area contributed by atoms with Crippen molar-refractivity contribution in [3.05, 3.63) is 52.8 Å². The van der Waals surface area contributed by atoms with Crippen LogP contribution in [-0.4, -0.2) is 9.78 Å². The van der Waals surface area contributed by atoms with E-state index in [4.69, 9.17) is 5.84 Å². The van der Waals surface area contributed by atoms with Crippen LogP contribution in [0, 0.1) is 13.8 Å². The van der Waals surface area contributed by atoms with E-state index in [1.807, 2.05) is 10.9 Å². The van der Waals surface area contributed by atoms with Gasteiger partial charge in [-0.1, -0.05) is 30.7 Å². The van der Waals surface area contributed by atoms with Crippen molar-refractivity contribution in [2.75, 3.05) is 0 Å². The van der Waals surface area contributed by atoms with Crippen molar-refractivity contribution in [2.45, 2.75) is 39.8 Å². The summed E-state index contributed by atoms with van der Waals surface area (Å²) < 4.78 is 1.96. The maximum Gasteiger partial charge on any atom is 0.0743 e. The van der Waals surface area contributed by atoms with Gasteiger partial charge in [-0.25, -0.2) is 5.43 Å². The molecule has 1 unspecified atom stereocenters. The number of nitrogens with two attached hydrogens (primary N) is 1. The molecule has 0 saturated carbocycles. The quantitative estimate of drug-likeness (QED) is 0.640. The summed E-state index contributed by atoms with van der Waals surface area (Å²) in [7, 11) is 0. The molecule has 0 fully saturated rings. The molecule has 0 amide bonds. The topological polar surface area (TPSA) is 55.9 Å². The van der Waals surface area contributed by atoms with Crippen LogP contribution in [0.25, 0.3) is 0 Å². The monoisotopic (exact) mass is 258 g/mol. The van der Waals surface area contributed by atoms with Crippen molar-refractivity contribution in [3.8, 4) is 0 Å². The molecule has 0 radical (unpaired) electrons. The number of aryl methyl sites for hydroxylation is 3. The first-order chi connectivity index (χ1) is 9.15. The number of hydrogen-bond donors (Lipinski definition) is 2. The van der Waals surface area contributed by atoms with Crippen molar-refractivity contribution >= 4 is 0 Å². The Kier molecular flexibility index (Phi) is 4.35. The van der Waals surface area contributed by atoms with Gasteiger partial charge in [-0.15, -0.1) is 0 Å². The predicted octanol–water partition coefficient (Wildman–Crippen LogP) is 2.46. The molecular weight excluding hydrogens is 236 g/mol. The third-order valence-electron chi connectivity index (χ3n) is 3.35. The third kappa shape index (κ3) is 3.03. The van der Waals surface area contributed by atoms with Crippen molar-refractivity contribution in [1.29, 1.82) is 0 Å². The zero-order valence-corrected chi connectivity index (χ0v) is 11.9. The Hall–Kier alpha value is -1.65. The van der Waals surface area contributed by atoms with E-state index in [1.54, 1.807) is 0 Å². The Morgan fingerprint density at radius 3 is 2.84 bits per heavy atom. The average Bonchev–Trinajstić information content (AvgIpc) is 2.83. The van der Waals surface area contributed by atoms with Crippen LogP contribution in [0.5, 0.6) is 0 Å². The lowest BCUT2D eigenvalue weighted by atomic mass is 9.96. The Morgan fingerprint density at radius 2 is 2.16 bits per heavy atom. The molecule has 2 aromatic rings. The molecule has 0 bridgehead atoms. The van der Waals surface area contributed by atoms with Gasteiger partial charge in [0, 0.05) is 18.3 Å². The molecule has 2 rings (SSSR count). The van der Waals surface area contributed by atoms with Crippen LogP contribution in [0.1, 0.15) is 41.6 Å². The summed E-state index contributed by atoms with van der Waals surface area (Å²) in [5.74, 6) is 5.75. The summed E-state index contributed by atoms with van der Waals surface area (Å²) >= 11 is 0. The standard InChI is InChI=1S/C15H22N4/c1-4-7-19-10-13(9-17-19)15(18-16)14-8-11(2)5-6-12(14)3/h5-6,8-10,15,18H,4,7,16H2,1-3H3. The Bertz CT molecular complexity index is 545. The van der Waals surface area contributed by atoms with Gasteiger partial charge in [0.2, 0.25) is 0 Å². The molecule has 0 saturated heterocycles. The second-order valence-corrected chi connectivity index (χ2v) is 5.00. The lowest BCUT2D eigenvalue weighted by Gasteiger charge is -2.17. The molecule has 1 aromatic heterocycles. The van der Waals surface area contributed by atoms with Crippen LogP contribution in [0.15, 0.2) is 30.6 Å². The van der Waals surface area contributed by atoms with Gasteiger partial charge in [-0.2, -0.15) is 5.10 Å². The fourth-order valence-corrected chi connectivity index (χ4v) is 2.32. The van der Waals surface area contributed by atoms with E-state index in [0.29, 0.717) is 0 Å². The highest BCUT2D eigenvalue weighted by Gasteiger charge is 2.16. The first-order valence-electron chi connectivity index (χ1n) is 6.71. The van der Waals surface area contributed by atoms with Gasteiger partial charge >= 0.3 is 0 Å². The molecule has 4 heteroatoms. The molecule has 0 aliphatic heterocycles. The normalized spacial score (nSPS) is 12.6. The lowest BCUT2D eigenvalue weighted by molar-refractivity contribution is 0.597. The Morgan fingerprint density at radius 1 is 1.37 bits per heavy atom. The van der Waals surface area contributed by atoms with Crippen molar-refractivity contribution in [3.63, 3.8) is 0 Å². The van der Waals surface area contributed by atoms with Crippen LogP contribution in [-0.2, 0) is 6.54 Å². The Labute approximate surface area is 114 Å². The van der Waals surface area contributed by atoms with Crippen LogP contribution < -0.4 is 11.3 Å². The summed E-state index contributed by atoms with van der Waals surface area (Å²) in [6.45, 7) is 7.28. The number of hydrazine groups is 1. The number of nitrogens with zero attached hydrogens (tertiary/aromatic N) is 2. The van der Waals surface area contributed by atoms with E-state index in [2.05, 4.69) is 55.7 Å². The highest BCUT2D eigenvalue weighted by molar-refractivity contribution is 5.37. The lowest BCUT2D eigenvalue weighted by Crippen LogP contribution is -2.29. The molecular formula is C15H22N4. The van der Waals surface area contributed by atoms with Crippen LogP contribution >= 0.6 is 0 Å². The number of nitrogens with one attached hydrogen (secondary N) is 1. The molecule has 0 aliphatic rings. The first-order valence-corrected chi connectivity index (χ1v) is 6.71. The summed E-state index contributed by atoms with van der Waals surface area (Å²) in [5, 5.41) is 4.37. The molecule has 0 spiro atoms. The van der Waals surface area contributed by atoms with E-state index >= 15 is 0 Å². The van der Waals surface area contributed by atoms with Gasteiger partial charge in [-0.05, 0) is 31.4 Å². The van der Waals surface area contributed by atoms with Gasteiger partial charge in [0.25, 0.3) is 0 Å². The maximum atomic E-state index is 5.75. The van der Waals surface area contributed by atoms with Crippen molar-refractivity contribution in [2.24, 2.45) is 5.84 Å². The number of rotatable bonds is 5. The number of aromatic nitrogens is 2. The second kappa shape index (κ2) is 5.99. The Balaban J connectivity index is 2.35. The van der Waals surface area contributed by atoms with Gasteiger partial charge in [-0.3, -0.25) is 10.5 Å². The molecule has 102 valence electrons. The van der Waals surface area contributed by atoms with Gasteiger partial charge in [0.05, 0.1) is 12.2 Å². The molecule has 0 aliphatic carbocycles. The van der Waals surface area contributed by atoms with Gasteiger partial charge in [0.1, 0.15) is 0 Å². The predicted molar refractivity (Wildman–Crippen MR) is 77.6 cm³/mol. The average molecular weight is 258 g/mol.